The van der Waals surface area contributed by atoms with Gasteiger partial charge in [0.05, 0.1) is 6.61 Å². The molecule has 0 spiro atoms. The van der Waals surface area contributed by atoms with Gasteiger partial charge in [0.2, 0.25) is 6.29 Å². The monoisotopic (exact) mass is 170 g/mol. The summed E-state index contributed by atoms with van der Waals surface area (Å²) in [5, 5.41) is 25.5. The Hall–Kier alpha value is -0.300. The van der Waals surface area contributed by atoms with E-state index in [9.17, 15) is 8.78 Å². The average molecular weight is 170 g/mol. The van der Waals surface area contributed by atoms with E-state index in [1.54, 1.807) is 0 Å². The quantitative estimate of drug-likeness (QED) is 0.457. The number of halogens is 2. The lowest BCUT2D eigenvalue weighted by Gasteiger charge is -2.14. The Kier molecular flexibility index (Phi) is 2.10. The lowest BCUT2D eigenvalue weighted by atomic mass is 10.1. The first-order valence-electron chi connectivity index (χ1n) is 3.00. The molecule has 3 atom stereocenters. The number of hydrogen-bond donors (Lipinski definition) is 3. The van der Waals surface area contributed by atoms with Gasteiger partial charge in [0.15, 0.2) is 6.10 Å². The predicted molar refractivity (Wildman–Crippen MR) is 28.9 cm³/mol. The summed E-state index contributed by atoms with van der Waals surface area (Å²) in [6, 6.07) is 0. The third-order valence-electron chi connectivity index (χ3n) is 1.56. The molecule has 1 fully saturated rings. The van der Waals surface area contributed by atoms with Crippen molar-refractivity contribution in [2.24, 2.45) is 0 Å². The third-order valence-corrected chi connectivity index (χ3v) is 1.56. The van der Waals surface area contributed by atoms with Crippen LogP contribution < -0.4 is 0 Å². The first kappa shape index (κ1) is 8.79. The minimum Gasteiger partial charge on any atom is -0.394 e. The molecular formula is C5H8F2O4. The summed E-state index contributed by atoms with van der Waals surface area (Å²) < 4.78 is 29.0. The van der Waals surface area contributed by atoms with Gasteiger partial charge in [-0.05, 0) is 0 Å². The predicted octanol–water partition coefficient (Wildman–Crippen LogP) is -1.31. The minimum atomic E-state index is -3.69. The zero-order chi connectivity index (χ0) is 8.65. The van der Waals surface area contributed by atoms with Crippen LogP contribution in [0.1, 0.15) is 0 Å². The Balaban J connectivity index is 2.71. The van der Waals surface area contributed by atoms with E-state index in [0.29, 0.717) is 0 Å². The van der Waals surface area contributed by atoms with E-state index in [-0.39, 0.29) is 0 Å². The summed E-state index contributed by atoms with van der Waals surface area (Å²) in [6.45, 7) is -0.742. The van der Waals surface area contributed by atoms with E-state index >= 15 is 0 Å². The molecule has 6 heteroatoms. The molecule has 0 unspecified atom stereocenters. The van der Waals surface area contributed by atoms with Crippen molar-refractivity contribution in [3.05, 3.63) is 0 Å². The van der Waals surface area contributed by atoms with Crippen LogP contribution in [0.5, 0.6) is 0 Å². The molecule has 0 aliphatic carbocycles. The van der Waals surface area contributed by atoms with Gasteiger partial charge < -0.3 is 20.1 Å². The summed E-state index contributed by atoms with van der Waals surface area (Å²) >= 11 is 0. The molecule has 0 aromatic carbocycles. The molecule has 3 N–H and O–H groups in total. The molecule has 1 rings (SSSR count). The molecule has 1 aliphatic rings. The van der Waals surface area contributed by atoms with E-state index in [4.69, 9.17) is 15.3 Å². The molecule has 0 aromatic rings. The van der Waals surface area contributed by atoms with Crippen LogP contribution in [0.4, 0.5) is 8.78 Å². The molecule has 0 amide bonds. The zero-order valence-electron chi connectivity index (χ0n) is 5.44. The third kappa shape index (κ3) is 1.22. The molecule has 0 aromatic heterocycles. The Morgan fingerprint density at radius 2 is 1.91 bits per heavy atom. The Labute approximate surface area is 61.0 Å². The Bertz CT molecular complexity index is 151. The highest BCUT2D eigenvalue weighted by Gasteiger charge is 2.57. The molecule has 66 valence electrons. The molecule has 1 heterocycles. The van der Waals surface area contributed by atoms with E-state index in [0.717, 1.165) is 0 Å². The van der Waals surface area contributed by atoms with E-state index in [1.807, 2.05) is 0 Å². The highest BCUT2D eigenvalue weighted by atomic mass is 19.3. The van der Waals surface area contributed by atoms with Crippen LogP contribution in [-0.4, -0.2) is 46.3 Å². The van der Waals surface area contributed by atoms with Crippen molar-refractivity contribution >= 4 is 0 Å². The van der Waals surface area contributed by atoms with Crippen molar-refractivity contribution < 1.29 is 28.8 Å². The number of rotatable bonds is 1. The molecule has 0 saturated carbocycles. The second-order valence-corrected chi connectivity index (χ2v) is 2.33. The second-order valence-electron chi connectivity index (χ2n) is 2.33. The topological polar surface area (TPSA) is 69.9 Å². The number of hydrogen-bond acceptors (Lipinski definition) is 4. The lowest BCUT2D eigenvalue weighted by molar-refractivity contribution is -0.198. The summed E-state index contributed by atoms with van der Waals surface area (Å²) in [4.78, 5) is 0. The highest BCUT2D eigenvalue weighted by molar-refractivity contribution is 4.92. The van der Waals surface area contributed by atoms with Gasteiger partial charge in [0, 0.05) is 0 Å². The van der Waals surface area contributed by atoms with Gasteiger partial charge in [-0.2, -0.15) is 8.78 Å². The van der Waals surface area contributed by atoms with Gasteiger partial charge in [-0.25, -0.2) is 0 Å². The molecule has 1 saturated heterocycles. The van der Waals surface area contributed by atoms with Crippen LogP contribution >= 0.6 is 0 Å². The van der Waals surface area contributed by atoms with Crippen LogP contribution in [0.15, 0.2) is 0 Å². The first-order chi connectivity index (χ1) is 5.00. The van der Waals surface area contributed by atoms with Crippen molar-refractivity contribution in [3.63, 3.8) is 0 Å². The zero-order valence-corrected chi connectivity index (χ0v) is 5.44. The van der Waals surface area contributed by atoms with E-state index in [1.165, 1.54) is 0 Å². The number of ether oxygens (including phenoxy) is 1. The summed E-state index contributed by atoms with van der Waals surface area (Å²) in [6.07, 6.45) is -5.86. The fourth-order valence-electron chi connectivity index (χ4n) is 0.868. The lowest BCUT2D eigenvalue weighted by Crippen LogP contribution is -2.40. The summed E-state index contributed by atoms with van der Waals surface area (Å²) in [5.41, 5.74) is 0. The number of alkyl halides is 2. The number of aliphatic hydroxyl groups is 3. The van der Waals surface area contributed by atoms with Gasteiger partial charge in [-0.3, -0.25) is 0 Å². The fourth-order valence-corrected chi connectivity index (χ4v) is 0.868. The molecule has 0 radical (unpaired) electrons. The van der Waals surface area contributed by atoms with Crippen LogP contribution in [-0.2, 0) is 4.74 Å². The largest absolute Gasteiger partial charge is 0.394 e. The average Bonchev–Trinajstić information content (AvgIpc) is 2.14. The van der Waals surface area contributed by atoms with Crippen molar-refractivity contribution in [2.75, 3.05) is 6.61 Å². The molecular weight excluding hydrogens is 162 g/mol. The molecule has 0 bridgehead atoms. The van der Waals surface area contributed by atoms with Gasteiger partial charge >= 0.3 is 5.92 Å². The molecule has 4 nitrogen and oxygen atoms in total. The van der Waals surface area contributed by atoms with Crippen LogP contribution in [0.3, 0.4) is 0 Å². The fraction of sp³-hybridized carbons (Fsp3) is 1.00. The van der Waals surface area contributed by atoms with Gasteiger partial charge in [0.1, 0.15) is 6.10 Å². The maximum absolute atomic E-state index is 12.4. The van der Waals surface area contributed by atoms with Crippen LogP contribution in [0.25, 0.3) is 0 Å². The van der Waals surface area contributed by atoms with Crippen LogP contribution in [0.2, 0.25) is 0 Å². The van der Waals surface area contributed by atoms with Gasteiger partial charge in [0.25, 0.3) is 0 Å². The molecule has 11 heavy (non-hydrogen) atoms. The van der Waals surface area contributed by atoms with Crippen molar-refractivity contribution in [3.8, 4) is 0 Å². The second kappa shape index (κ2) is 2.63. The highest BCUT2D eigenvalue weighted by Crippen LogP contribution is 2.34. The van der Waals surface area contributed by atoms with E-state index in [2.05, 4.69) is 4.74 Å². The Morgan fingerprint density at radius 1 is 1.36 bits per heavy atom. The minimum absolute atomic E-state index is 0.742. The number of aliphatic hydroxyl groups excluding tert-OH is 3. The smallest absolute Gasteiger partial charge is 0.325 e. The van der Waals surface area contributed by atoms with Crippen molar-refractivity contribution in [2.45, 2.75) is 24.4 Å². The SMILES string of the molecule is OC[C@H]1O[C@H](O)C(F)(F)[C@@H]1O. The van der Waals surface area contributed by atoms with Crippen molar-refractivity contribution in [1.82, 2.24) is 0 Å². The maximum Gasteiger partial charge on any atom is 0.325 e. The Morgan fingerprint density at radius 3 is 2.09 bits per heavy atom. The first-order valence-corrected chi connectivity index (χ1v) is 3.00. The summed E-state index contributed by atoms with van der Waals surface area (Å²) in [5.74, 6) is -3.69. The van der Waals surface area contributed by atoms with E-state index < -0.39 is 31.0 Å². The normalized spacial score (nSPS) is 42.8. The van der Waals surface area contributed by atoms with Gasteiger partial charge in [-0.1, -0.05) is 0 Å². The maximum atomic E-state index is 12.4. The standard InChI is InChI=1S/C5H8F2O4/c6-5(7)3(9)2(1-8)11-4(5)10/h2-4,8-10H,1H2/t2-,3-,4+/m1/s1. The van der Waals surface area contributed by atoms with Crippen molar-refractivity contribution in [1.29, 1.82) is 0 Å². The molecule has 1 aliphatic heterocycles. The van der Waals surface area contributed by atoms with Crippen LogP contribution in [0, 0.1) is 0 Å². The summed E-state index contributed by atoms with van der Waals surface area (Å²) in [7, 11) is 0. The van der Waals surface area contributed by atoms with Gasteiger partial charge in [-0.15, -0.1) is 0 Å².